The van der Waals surface area contributed by atoms with Crippen molar-refractivity contribution < 1.29 is 14.9 Å². The summed E-state index contributed by atoms with van der Waals surface area (Å²) in [5, 5.41) is 31.6. The Bertz CT molecular complexity index is 1280. The molecule has 3 unspecified atom stereocenters. The van der Waals surface area contributed by atoms with Crippen LogP contribution >= 0.6 is 11.9 Å². The molecule has 1 fully saturated rings. The molecular formula is C30H38N4O3S. The van der Waals surface area contributed by atoms with Gasteiger partial charge in [0.1, 0.15) is 11.0 Å². The molecule has 0 bridgehead atoms. The van der Waals surface area contributed by atoms with Crippen molar-refractivity contribution in [1.29, 1.82) is 5.26 Å². The van der Waals surface area contributed by atoms with Crippen LogP contribution in [0, 0.1) is 11.3 Å². The second-order valence-electron chi connectivity index (χ2n) is 9.84. The van der Waals surface area contributed by atoms with Crippen molar-refractivity contribution in [1.82, 2.24) is 9.29 Å². The van der Waals surface area contributed by atoms with Crippen molar-refractivity contribution in [3.63, 3.8) is 0 Å². The summed E-state index contributed by atoms with van der Waals surface area (Å²) >= 11 is 1.23. The Morgan fingerprint density at radius 1 is 1.11 bits per heavy atom. The highest BCUT2D eigenvalue weighted by Gasteiger charge is 2.26. The molecule has 202 valence electrons. The third-order valence-electron chi connectivity index (χ3n) is 6.87. The number of hydrogen-bond donors (Lipinski definition) is 3. The molecule has 4 rings (SSSR count). The van der Waals surface area contributed by atoms with E-state index in [1.807, 2.05) is 19.2 Å². The molecule has 8 heteroatoms. The van der Waals surface area contributed by atoms with E-state index in [0.29, 0.717) is 17.9 Å². The summed E-state index contributed by atoms with van der Waals surface area (Å²) in [5.74, 6) is 0. The van der Waals surface area contributed by atoms with Crippen LogP contribution in [0.2, 0.25) is 0 Å². The summed E-state index contributed by atoms with van der Waals surface area (Å²) in [4.78, 5) is 2.97. The van der Waals surface area contributed by atoms with E-state index in [4.69, 9.17) is 4.74 Å². The molecule has 1 aromatic heterocycles. The zero-order chi connectivity index (χ0) is 27.1. The van der Waals surface area contributed by atoms with Crippen LogP contribution in [0.4, 0.5) is 5.69 Å². The number of anilines is 1. The molecule has 3 atom stereocenters. The zero-order valence-corrected chi connectivity index (χ0v) is 23.2. The van der Waals surface area contributed by atoms with Crippen molar-refractivity contribution >= 4 is 34.5 Å². The molecule has 2 aromatic carbocycles. The van der Waals surface area contributed by atoms with Gasteiger partial charge in [-0.2, -0.15) is 5.26 Å². The topological polar surface area (TPSA) is 93.7 Å². The summed E-state index contributed by atoms with van der Waals surface area (Å²) in [5.41, 5.74) is 4.41. The lowest BCUT2D eigenvalue weighted by Gasteiger charge is -2.30. The van der Waals surface area contributed by atoms with Crippen LogP contribution in [0.5, 0.6) is 0 Å². The average molecular weight is 535 g/mol. The van der Waals surface area contributed by atoms with Gasteiger partial charge in [0.2, 0.25) is 0 Å². The van der Waals surface area contributed by atoms with Gasteiger partial charge in [-0.3, -0.25) is 4.72 Å². The number of allylic oxidation sites excluding steroid dienone is 1. The molecule has 3 aromatic rings. The SMILES string of the molecule is CCCN(CCC)c1ccc2cc(-c3ccc(/C=C(\C#N)SNCC4CC(O)CC(O)O4)n3C)ccc2c1. The molecule has 1 aliphatic heterocycles. The van der Waals surface area contributed by atoms with E-state index in [0.717, 1.165) is 42.9 Å². The molecule has 2 heterocycles. The van der Waals surface area contributed by atoms with Crippen molar-refractivity contribution in [2.45, 2.75) is 58.0 Å². The van der Waals surface area contributed by atoms with Gasteiger partial charge in [-0.05, 0) is 77.5 Å². The van der Waals surface area contributed by atoms with E-state index in [9.17, 15) is 15.5 Å². The monoisotopic (exact) mass is 534 g/mol. The minimum Gasteiger partial charge on any atom is -0.393 e. The van der Waals surface area contributed by atoms with E-state index in [2.05, 4.69) is 76.6 Å². The summed E-state index contributed by atoms with van der Waals surface area (Å²) in [6, 6.07) is 19.6. The smallest absolute Gasteiger partial charge is 0.157 e. The van der Waals surface area contributed by atoms with Gasteiger partial charge in [0.05, 0.1) is 12.2 Å². The average Bonchev–Trinajstić information content (AvgIpc) is 3.26. The molecule has 0 radical (unpaired) electrons. The minimum atomic E-state index is -0.947. The summed E-state index contributed by atoms with van der Waals surface area (Å²) < 4.78 is 10.7. The standard InChI is InChI=1S/C30H38N4O3S/c1-4-12-34(13-5-2)25-9-8-21-14-23(7-6-22(21)15-25)29-11-10-24(33(29)3)16-28(19-31)38-32-20-27-17-26(35)18-30(36)37-27/h6-11,14-16,26-27,30,32,35-36H,4-5,12-13,17-18,20H2,1-3H3/b28-16+. The maximum Gasteiger partial charge on any atom is 0.157 e. The number of aliphatic hydroxyl groups is 2. The van der Waals surface area contributed by atoms with E-state index < -0.39 is 12.4 Å². The number of benzene rings is 2. The number of nitriles is 1. The van der Waals surface area contributed by atoms with Crippen molar-refractivity contribution in [2.24, 2.45) is 7.05 Å². The lowest BCUT2D eigenvalue weighted by Crippen LogP contribution is -2.39. The molecule has 7 nitrogen and oxygen atoms in total. The van der Waals surface area contributed by atoms with Gasteiger partial charge in [0.15, 0.2) is 6.29 Å². The van der Waals surface area contributed by atoms with E-state index >= 15 is 0 Å². The Morgan fingerprint density at radius 2 is 1.84 bits per heavy atom. The number of rotatable bonds is 11. The van der Waals surface area contributed by atoms with Crippen molar-refractivity contribution in [3.8, 4) is 17.3 Å². The van der Waals surface area contributed by atoms with Gasteiger partial charge >= 0.3 is 0 Å². The molecule has 1 aliphatic rings. The maximum atomic E-state index is 9.82. The van der Waals surface area contributed by atoms with Crippen LogP contribution in [0.25, 0.3) is 28.1 Å². The number of aliphatic hydroxyl groups excluding tert-OH is 2. The second-order valence-corrected chi connectivity index (χ2v) is 10.8. The highest BCUT2D eigenvalue weighted by molar-refractivity contribution is 8.01. The van der Waals surface area contributed by atoms with E-state index in [1.54, 1.807) is 0 Å². The third kappa shape index (κ3) is 6.99. The maximum absolute atomic E-state index is 9.82. The van der Waals surface area contributed by atoms with Crippen LogP contribution in [0.15, 0.2) is 53.4 Å². The second kappa shape index (κ2) is 13.3. The zero-order valence-electron chi connectivity index (χ0n) is 22.4. The van der Waals surface area contributed by atoms with Crippen LogP contribution in [0.1, 0.15) is 45.2 Å². The highest BCUT2D eigenvalue weighted by atomic mass is 32.2. The fraction of sp³-hybridized carbons (Fsp3) is 0.433. The van der Waals surface area contributed by atoms with Crippen molar-refractivity contribution in [2.75, 3.05) is 24.5 Å². The van der Waals surface area contributed by atoms with Gasteiger partial charge in [-0.1, -0.05) is 32.0 Å². The Kier molecular flexibility index (Phi) is 9.89. The van der Waals surface area contributed by atoms with E-state index in [-0.39, 0.29) is 12.5 Å². The molecule has 1 saturated heterocycles. The first-order chi connectivity index (χ1) is 18.4. The van der Waals surface area contributed by atoms with Gasteiger partial charge in [0.25, 0.3) is 0 Å². The number of aromatic nitrogens is 1. The number of ether oxygens (including phenoxy) is 1. The van der Waals surface area contributed by atoms with Crippen LogP contribution < -0.4 is 9.62 Å². The van der Waals surface area contributed by atoms with Gasteiger partial charge in [-0.25, -0.2) is 0 Å². The Morgan fingerprint density at radius 3 is 2.55 bits per heavy atom. The predicted octanol–water partition coefficient (Wildman–Crippen LogP) is 5.43. The fourth-order valence-corrected chi connectivity index (χ4v) is 5.64. The number of nitrogens with zero attached hydrogens (tertiary/aromatic N) is 3. The van der Waals surface area contributed by atoms with Crippen LogP contribution in [0.3, 0.4) is 0 Å². The predicted molar refractivity (Wildman–Crippen MR) is 156 cm³/mol. The molecule has 0 saturated carbocycles. The first-order valence-corrected chi connectivity index (χ1v) is 14.2. The third-order valence-corrected chi connectivity index (χ3v) is 7.61. The molecular weight excluding hydrogens is 496 g/mol. The number of hydrogen-bond acceptors (Lipinski definition) is 7. The normalized spacial score (nSPS) is 20.0. The van der Waals surface area contributed by atoms with Gasteiger partial charge < -0.3 is 24.4 Å². The quantitative estimate of drug-likeness (QED) is 0.223. The summed E-state index contributed by atoms with van der Waals surface area (Å²) in [6.45, 7) is 6.99. The molecule has 0 amide bonds. The van der Waals surface area contributed by atoms with Crippen LogP contribution in [-0.2, 0) is 11.8 Å². The Balaban J connectivity index is 1.46. The minimum absolute atomic E-state index is 0.234. The van der Waals surface area contributed by atoms with Gasteiger partial charge in [0, 0.05) is 56.6 Å². The first-order valence-electron chi connectivity index (χ1n) is 13.4. The lowest BCUT2D eigenvalue weighted by molar-refractivity contribution is -0.186. The van der Waals surface area contributed by atoms with E-state index in [1.165, 1.54) is 28.4 Å². The highest BCUT2D eigenvalue weighted by Crippen LogP contribution is 2.30. The molecule has 0 spiro atoms. The fourth-order valence-electron chi connectivity index (χ4n) is 4.99. The Labute approximate surface area is 229 Å². The lowest BCUT2D eigenvalue weighted by atomic mass is 10.0. The first kappa shape index (κ1) is 28.2. The van der Waals surface area contributed by atoms with Gasteiger partial charge in [-0.15, -0.1) is 0 Å². The molecule has 3 N–H and O–H groups in total. The largest absolute Gasteiger partial charge is 0.393 e. The number of nitrogens with one attached hydrogen (secondary N) is 1. The summed E-state index contributed by atoms with van der Waals surface area (Å²) in [6.07, 6.45) is 3.00. The molecule has 0 aliphatic carbocycles. The molecule has 38 heavy (non-hydrogen) atoms. The van der Waals surface area contributed by atoms with Crippen LogP contribution in [-0.4, -0.2) is 52.9 Å². The Hall–Kier alpha value is -2.80. The van der Waals surface area contributed by atoms with Crippen molar-refractivity contribution in [3.05, 3.63) is 59.1 Å². The number of fused-ring (bicyclic) bond motifs is 1. The summed E-state index contributed by atoms with van der Waals surface area (Å²) in [7, 11) is 2.01.